The van der Waals surface area contributed by atoms with E-state index in [9.17, 15) is 9.18 Å². The summed E-state index contributed by atoms with van der Waals surface area (Å²) in [4.78, 5) is 20.7. The molecule has 0 fully saturated rings. The largest absolute Gasteiger partial charge is 0.354 e. The molecule has 6 heteroatoms. The van der Waals surface area contributed by atoms with Crippen LogP contribution < -0.4 is 10.6 Å². The molecule has 0 saturated heterocycles. The molecule has 0 atom stereocenters. The molecule has 5 nitrogen and oxygen atoms in total. The van der Waals surface area contributed by atoms with Gasteiger partial charge in [-0.15, -0.1) is 0 Å². The van der Waals surface area contributed by atoms with Crippen LogP contribution in [0.25, 0.3) is 0 Å². The molecule has 0 bridgehead atoms. The fourth-order valence-corrected chi connectivity index (χ4v) is 3.14. The summed E-state index contributed by atoms with van der Waals surface area (Å²) in [6, 6.07) is 8.27. The summed E-state index contributed by atoms with van der Waals surface area (Å²) in [6.45, 7) is 1.10. The molecule has 2 N–H and O–H groups in total. The number of nitrogens with one attached hydrogen (secondary N) is 2. The van der Waals surface area contributed by atoms with E-state index in [0.29, 0.717) is 36.7 Å². The van der Waals surface area contributed by atoms with Crippen LogP contribution in [-0.4, -0.2) is 29.0 Å². The molecule has 1 heterocycles. The van der Waals surface area contributed by atoms with Gasteiger partial charge in [0.1, 0.15) is 11.5 Å². The van der Waals surface area contributed by atoms with Gasteiger partial charge in [-0.25, -0.2) is 14.4 Å². The second-order valence-corrected chi connectivity index (χ2v) is 6.65. The molecule has 1 aromatic heterocycles. The van der Waals surface area contributed by atoms with Crippen LogP contribution in [0.1, 0.15) is 48.2 Å². The number of anilines is 1. The molecule has 2 aromatic rings. The second kappa shape index (κ2) is 9.80. The van der Waals surface area contributed by atoms with Crippen molar-refractivity contribution in [3.8, 4) is 0 Å². The highest BCUT2D eigenvalue weighted by molar-refractivity contribution is 5.92. The molecule has 27 heavy (non-hydrogen) atoms. The van der Waals surface area contributed by atoms with Gasteiger partial charge in [-0.1, -0.05) is 29.8 Å². The average molecular weight is 368 g/mol. The number of halogens is 1. The minimum absolute atomic E-state index is 0.203. The first-order chi connectivity index (χ1) is 13.2. The maximum Gasteiger partial charge on any atom is 0.270 e. The monoisotopic (exact) mass is 368 g/mol. The van der Waals surface area contributed by atoms with Gasteiger partial charge in [0.05, 0.1) is 0 Å². The van der Waals surface area contributed by atoms with Crippen molar-refractivity contribution in [3.05, 3.63) is 65.3 Å². The van der Waals surface area contributed by atoms with Crippen molar-refractivity contribution in [3.63, 3.8) is 0 Å². The van der Waals surface area contributed by atoms with Gasteiger partial charge in [-0.2, -0.15) is 0 Å². The van der Waals surface area contributed by atoms with E-state index in [1.807, 2.05) is 6.07 Å². The minimum Gasteiger partial charge on any atom is -0.354 e. The van der Waals surface area contributed by atoms with E-state index in [1.165, 1.54) is 24.5 Å². The van der Waals surface area contributed by atoms with E-state index in [-0.39, 0.29) is 11.7 Å². The number of benzene rings is 1. The zero-order chi connectivity index (χ0) is 18.9. The van der Waals surface area contributed by atoms with Crippen molar-refractivity contribution in [1.29, 1.82) is 0 Å². The van der Waals surface area contributed by atoms with E-state index < -0.39 is 0 Å². The highest BCUT2D eigenvalue weighted by atomic mass is 19.1. The first-order valence-corrected chi connectivity index (χ1v) is 9.49. The van der Waals surface area contributed by atoms with Crippen molar-refractivity contribution in [2.75, 3.05) is 18.4 Å². The van der Waals surface area contributed by atoms with Crippen molar-refractivity contribution >= 4 is 11.9 Å². The summed E-state index contributed by atoms with van der Waals surface area (Å²) < 4.78 is 13.6. The Labute approximate surface area is 159 Å². The van der Waals surface area contributed by atoms with Gasteiger partial charge in [0.25, 0.3) is 5.91 Å². The van der Waals surface area contributed by atoms with Crippen LogP contribution in [0, 0.1) is 5.82 Å². The van der Waals surface area contributed by atoms with Crippen molar-refractivity contribution < 1.29 is 9.18 Å². The Balaban J connectivity index is 1.46. The van der Waals surface area contributed by atoms with E-state index in [2.05, 4.69) is 26.7 Å². The number of hydrogen-bond acceptors (Lipinski definition) is 4. The summed E-state index contributed by atoms with van der Waals surface area (Å²) in [7, 11) is 0. The standard InChI is InChI=1S/C21H25FN4O/c22-18-9-5-4-8-17(18)11-14-24-21-25-15-12-19(26-21)20(27)23-13-10-16-6-2-1-3-7-16/h4-6,8-9,12,15H,1-3,7,10-11,13-14H2,(H,23,27)(H,24,25,26). The molecule has 3 rings (SSSR count). The highest BCUT2D eigenvalue weighted by Gasteiger charge is 2.10. The predicted molar refractivity (Wildman–Crippen MR) is 104 cm³/mol. The molecule has 0 aliphatic heterocycles. The zero-order valence-corrected chi connectivity index (χ0v) is 15.4. The number of hydrogen-bond donors (Lipinski definition) is 2. The maximum atomic E-state index is 13.6. The molecule has 0 spiro atoms. The lowest BCUT2D eigenvalue weighted by molar-refractivity contribution is 0.0949. The van der Waals surface area contributed by atoms with Crippen molar-refractivity contribution in [2.24, 2.45) is 0 Å². The Bertz CT molecular complexity index is 806. The lowest BCUT2D eigenvalue weighted by atomic mass is 9.97. The Morgan fingerprint density at radius 3 is 2.81 bits per heavy atom. The number of carbonyl (C=O) groups is 1. The van der Waals surface area contributed by atoms with Crippen LogP contribution in [-0.2, 0) is 6.42 Å². The molecule has 1 aliphatic rings. The molecular formula is C21H25FN4O. The predicted octanol–water partition coefficient (Wildman–Crippen LogP) is 3.89. The third kappa shape index (κ3) is 5.88. The number of rotatable bonds is 8. The van der Waals surface area contributed by atoms with Crippen LogP contribution in [0.3, 0.4) is 0 Å². The van der Waals surface area contributed by atoms with Gasteiger partial charge in [-0.3, -0.25) is 4.79 Å². The lowest BCUT2D eigenvalue weighted by Gasteiger charge is -2.13. The van der Waals surface area contributed by atoms with Crippen molar-refractivity contribution in [1.82, 2.24) is 15.3 Å². The Hall–Kier alpha value is -2.76. The number of nitrogens with zero attached hydrogens (tertiary/aromatic N) is 2. The molecule has 1 aliphatic carbocycles. The number of allylic oxidation sites excluding steroid dienone is 1. The molecule has 0 unspecified atom stereocenters. The van der Waals surface area contributed by atoms with Gasteiger partial charge in [0.2, 0.25) is 5.95 Å². The minimum atomic E-state index is -0.221. The zero-order valence-electron chi connectivity index (χ0n) is 15.4. The van der Waals surface area contributed by atoms with Crippen LogP contribution in [0.15, 0.2) is 48.2 Å². The van der Waals surface area contributed by atoms with Gasteiger partial charge in [0.15, 0.2) is 0 Å². The molecule has 142 valence electrons. The number of carbonyl (C=O) groups excluding carboxylic acids is 1. The summed E-state index contributed by atoms with van der Waals surface area (Å²) >= 11 is 0. The first-order valence-electron chi connectivity index (χ1n) is 9.49. The Morgan fingerprint density at radius 2 is 2.00 bits per heavy atom. The molecule has 0 saturated carbocycles. The third-order valence-corrected chi connectivity index (χ3v) is 4.64. The Morgan fingerprint density at radius 1 is 1.11 bits per heavy atom. The van der Waals surface area contributed by atoms with E-state index in [4.69, 9.17) is 0 Å². The number of amides is 1. The van der Waals surface area contributed by atoms with Gasteiger partial charge < -0.3 is 10.6 Å². The molecule has 0 radical (unpaired) electrons. The summed E-state index contributed by atoms with van der Waals surface area (Å²) in [5, 5.41) is 5.96. The smallest absolute Gasteiger partial charge is 0.270 e. The molecule has 1 aromatic carbocycles. The third-order valence-electron chi connectivity index (χ3n) is 4.64. The number of aromatic nitrogens is 2. The highest BCUT2D eigenvalue weighted by Crippen LogP contribution is 2.19. The summed E-state index contributed by atoms with van der Waals surface area (Å²) in [6.07, 6.45) is 10.1. The van der Waals surface area contributed by atoms with Gasteiger partial charge >= 0.3 is 0 Å². The van der Waals surface area contributed by atoms with E-state index >= 15 is 0 Å². The van der Waals surface area contributed by atoms with Crippen LogP contribution in [0.2, 0.25) is 0 Å². The van der Waals surface area contributed by atoms with Crippen molar-refractivity contribution in [2.45, 2.75) is 38.5 Å². The SMILES string of the molecule is O=C(NCCC1=CCCCC1)c1ccnc(NCCc2ccccc2F)n1. The normalized spacial score (nSPS) is 13.7. The lowest BCUT2D eigenvalue weighted by Crippen LogP contribution is -2.26. The average Bonchev–Trinajstić information content (AvgIpc) is 2.70. The topological polar surface area (TPSA) is 66.9 Å². The van der Waals surface area contributed by atoms with Gasteiger partial charge in [0, 0.05) is 19.3 Å². The summed E-state index contributed by atoms with van der Waals surface area (Å²) in [5.74, 6) is -0.0543. The van der Waals surface area contributed by atoms with Crippen LogP contribution in [0.5, 0.6) is 0 Å². The first kappa shape index (κ1) is 19.0. The Kier molecular flexibility index (Phi) is 6.90. The van der Waals surface area contributed by atoms with E-state index in [0.717, 1.165) is 19.3 Å². The van der Waals surface area contributed by atoms with Crippen LogP contribution in [0.4, 0.5) is 10.3 Å². The fraction of sp³-hybridized carbons (Fsp3) is 0.381. The second-order valence-electron chi connectivity index (χ2n) is 6.65. The maximum absolute atomic E-state index is 13.6. The van der Waals surface area contributed by atoms with Crippen LogP contribution >= 0.6 is 0 Å². The fourth-order valence-electron chi connectivity index (χ4n) is 3.14. The van der Waals surface area contributed by atoms with E-state index in [1.54, 1.807) is 24.4 Å². The van der Waals surface area contributed by atoms with Gasteiger partial charge in [-0.05, 0) is 56.2 Å². The molecule has 1 amide bonds. The summed E-state index contributed by atoms with van der Waals surface area (Å²) in [5.41, 5.74) is 2.40. The quantitative estimate of drug-likeness (QED) is 0.694. The molecular weight excluding hydrogens is 343 g/mol.